The number of morpholine rings is 1. The van der Waals surface area contributed by atoms with Crippen molar-refractivity contribution in [1.82, 2.24) is 4.90 Å². The Morgan fingerprint density at radius 2 is 2.00 bits per heavy atom. The SMILES string of the molecule is CCc1cc([C@H](c2ccc(Br)cc2)N2CCOCC2)c(NC(=O)c2ccco2)s1. The van der Waals surface area contributed by atoms with E-state index in [2.05, 4.69) is 63.4 Å². The van der Waals surface area contributed by atoms with E-state index in [9.17, 15) is 4.79 Å². The molecule has 29 heavy (non-hydrogen) atoms. The van der Waals surface area contributed by atoms with Gasteiger partial charge in [-0.05, 0) is 42.3 Å². The van der Waals surface area contributed by atoms with E-state index in [1.165, 1.54) is 16.7 Å². The van der Waals surface area contributed by atoms with Gasteiger partial charge in [0, 0.05) is 28.0 Å². The maximum Gasteiger partial charge on any atom is 0.291 e. The van der Waals surface area contributed by atoms with E-state index in [0.29, 0.717) is 19.0 Å². The summed E-state index contributed by atoms with van der Waals surface area (Å²) in [5.41, 5.74) is 2.32. The summed E-state index contributed by atoms with van der Waals surface area (Å²) in [6, 6.07) is 14.1. The van der Waals surface area contributed by atoms with E-state index in [4.69, 9.17) is 9.15 Å². The molecule has 1 aliphatic rings. The molecule has 7 heteroatoms. The highest BCUT2D eigenvalue weighted by Gasteiger charge is 2.29. The third-order valence-corrected chi connectivity index (χ3v) is 6.76. The monoisotopic (exact) mass is 474 g/mol. The number of aryl methyl sites for hydroxylation is 1. The Labute approximate surface area is 182 Å². The van der Waals surface area contributed by atoms with Crippen molar-refractivity contribution in [3.05, 3.63) is 75.0 Å². The van der Waals surface area contributed by atoms with Gasteiger partial charge in [-0.25, -0.2) is 0 Å². The van der Waals surface area contributed by atoms with Gasteiger partial charge >= 0.3 is 0 Å². The number of amides is 1. The molecule has 5 nitrogen and oxygen atoms in total. The summed E-state index contributed by atoms with van der Waals surface area (Å²) in [4.78, 5) is 16.3. The third-order valence-electron chi connectivity index (χ3n) is 5.02. The molecule has 4 rings (SSSR count). The van der Waals surface area contributed by atoms with Gasteiger partial charge in [0.1, 0.15) is 5.00 Å². The number of anilines is 1. The Morgan fingerprint density at radius 3 is 2.66 bits per heavy atom. The highest BCUT2D eigenvalue weighted by molar-refractivity contribution is 9.10. The fourth-order valence-corrected chi connectivity index (χ4v) is 4.86. The molecule has 0 spiro atoms. The topological polar surface area (TPSA) is 54.7 Å². The molecule has 2 aromatic heterocycles. The molecule has 1 atom stereocenters. The third kappa shape index (κ3) is 4.64. The van der Waals surface area contributed by atoms with Crippen LogP contribution >= 0.6 is 27.3 Å². The number of carbonyl (C=O) groups is 1. The lowest BCUT2D eigenvalue weighted by molar-refractivity contribution is 0.0241. The van der Waals surface area contributed by atoms with Crippen molar-refractivity contribution in [2.24, 2.45) is 0 Å². The van der Waals surface area contributed by atoms with E-state index in [1.54, 1.807) is 23.5 Å². The molecule has 0 aliphatic carbocycles. The number of rotatable bonds is 6. The van der Waals surface area contributed by atoms with Gasteiger partial charge in [-0.1, -0.05) is 35.0 Å². The molecule has 0 radical (unpaired) electrons. The smallest absolute Gasteiger partial charge is 0.291 e. The number of carbonyl (C=O) groups excluding carboxylic acids is 1. The second-order valence-corrected chi connectivity index (χ2v) is 8.94. The average molecular weight is 475 g/mol. The first kappa shape index (κ1) is 20.3. The highest BCUT2D eigenvalue weighted by Crippen LogP contribution is 2.40. The largest absolute Gasteiger partial charge is 0.459 e. The van der Waals surface area contributed by atoms with Crippen LogP contribution in [0.15, 0.2) is 57.6 Å². The molecule has 1 aromatic carbocycles. The maximum atomic E-state index is 12.7. The zero-order valence-electron chi connectivity index (χ0n) is 16.2. The first-order valence-electron chi connectivity index (χ1n) is 9.70. The lowest BCUT2D eigenvalue weighted by atomic mass is 9.97. The summed E-state index contributed by atoms with van der Waals surface area (Å²) in [7, 11) is 0. The summed E-state index contributed by atoms with van der Waals surface area (Å²) in [5, 5.41) is 3.96. The van der Waals surface area contributed by atoms with Crippen LogP contribution in [0.3, 0.4) is 0 Å². The van der Waals surface area contributed by atoms with Gasteiger partial charge in [0.05, 0.1) is 25.5 Å². The fraction of sp³-hybridized carbons (Fsp3) is 0.318. The molecule has 1 N–H and O–H groups in total. The molecule has 1 fully saturated rings. The summed E-state index contributed by atoms with van der Waals surface area (Å²) >= 11 is 5.17. The number of nitrogens with zero attached hydrogens (tertiary/aromatic N) is 1. The van der Waals surface area contributed by atoms with Crippen LogP contribution in [-0.2, 0) is 11.2 Å². The van der Waals surface area contributed by atoms with Gasteiger partial charge in [0.25, 0.3) is 5.91 Å². The van der Waals surface area contributed by atoms with Gasteiger partial charge in [0.2, 0.25) is 0 Å². The fourth-order valence-electron chi connectivity index (χ4n) is 3.57. The predicted molar refractivity (Wildman–Crippen MR) is 119 cm³/mol. The van der Waals surface area contributed by atoms with Crippen LogP contribution in [0.25, 0.3) is 0 Å². The molecular formula is C22H23BrN2O3S. The molecule has 3 heterocycles. The maximum absolute atomic E-state index is 12.7. The Morgan fingerprint density at radius 1 is 1.24 bits per heavy atom. The van der Waals surface area contributed by atoms with Crippen LogP contribution in [0.5, 0.6) is 0 Å². The normalized spacial score (nSPS) is 15.9. The molecule has 3 aromatic rings. The summed E-state index contributed by atoms with van der Waals surface area (Å²) in [6.45, 7) is 5.27. The van der Waals surface area contributed by atoms with E-state index >= 15 is 0 Å². The quantitative estimate of drug-likeness (QED) is 0.523. The van der Waals surface area contributed by atoms with Gasteiger partial charge in [0.15, 0.2) is 5.76 Å². The van der Waals surface area contributed by atoms with E-state index < -0.39 is 0 Å². The minimum absolute atomic E-state index is 0.0513. The van der Waals surface area contributed by atoms with Crippen molar-refractivity contribution in [1.29, 1.82) is 0 Å². The van der Waals surface area contributed by atoms with Crippen LogP contribution in [0.1, 0.15) is 39.5 Å². The zero-order valence-corrected chi connectivity index (χ0v) is 18.6. The molecular weight excluding hydrogens is 452 g/mol. The second-order valence-electron chi connectivity index (χ2n) is 6.88. The van der Waals surface area contributed by atoms with Crippen molar-refractivity contribution in [2.75, 3.05) is 31.6 Å². The van der Waals surface area contributed by atoms with Crippen molar-refractivity contribution in [3.8, 4) is 0 Å². The summed E-state index contributed by atoms with van der Waals surface area (Å²) < 4.78 is 11.9. The van der Waals surface area contributed by atoms with E-state index in [0.717, 1.165) is 34.5 Å². The minimum Gasteiger partial charge on any atom is -0.459 e. The first-order chi connectivity index (χ1) is 14.2. The van der Waals surface area contributed by atoms with Crippen molar-refractivity contribution in [2.45, 2.75) is 19.4 Å². The lowest BCUT2D eigenvalue weighted by Crippen LogP contribution is -2.39. The van der Waals surface area contributed by atoms with Crippen molar-refractivity contribution in [3.63, 3.8) is 0 Å². The molecule has 1 amide bonds. The standard InChI is InChI=1S/C22H23BrN2O3S/c1-2-17-14-18(22(29-17)24-21(26)19-4-3-11-28-19)20(25-9-12-27-13-10-25)15-5-7-16(23)8-6-15/h3-8,11,14,20H,2,9-10,12-13H2,1H3,(H,24,26)/t20-/m0/s1. The number of hydrogen-bond donors (Lipinski definition) is 1. The Hall–Kier alpha value is -1.93. The van der Waals surface area contributed by atoms with Crippen LogP contribution in [0.4, 0.5) is 5.00 Å². The molecule has 0 saturated carbocycles. The zero-order chi connectivity index (χ0) is 20.2. The minimum atomic E-state index is -0.225. The Balaban J connectivity index is 1.73. The molecule has 1 saturated heterocycles. The first-order valence-corrected chi connectivity index (χ1v) is 11.3. The highest BCUT2D eigenvalue weighted by atomic mass is 79.9. The number of thiophene rings is 1. The number of hydrogen-bond acceptors (Lipinski definition) is 5. The Kier molecular flexibility index (Phi) is 6.50. The van der Waals surface area contributed by atoms with Gasteiger partial charge in [-0.15, -0.1) is 11.3 Å². The second kappa shape index (κ2) is 9.26. The van der Waals surface area contributed by atoms with E-state index in [-0.39, 0.29) is 11.9 Å². The van der Waals surface area contributed by atoms with E-state index in [1.807, 2.05) is 0 Å². The number of furan rings is 1. The number of ether oxygens (including phenoxy) is 1. The molecule has 152 valence electrons. The van der Waals surface area contributed by atoms with Crippen LogP contribution < -0.4 is 5.32 Å². The van der Waals surface area contributed by atoms with Crippen molar-refractivity contribution < 1.29 is 13.9 Å². The number of nitrogens with one attached hydrogen (secondary N) is 1. The molecule has 0 bridgehead atoms. The van der Waals surface area contributed by atoms with Gasteiger partial charge in [-0.3, -0.25) is 9.69 Å². The summed E-state index contributed by atoms with van der Waals surface area (Å²) in [5.74, 6) is 0.0891. The predicted octanol–water partition coefficient (Wildman–Crippen LogP) is 5.34. The lowest BCUT2D eigenvalue weighted by Gasteiger charge is -2.35. The summed E-state index contributed by atoms with van der Waals surface area (Å²) in [6.07, 6.45) is 2.44. The number of halogens is 1. The van der Waals surface area contributed by atoms with Crippen LogP contribution in [0.2, 0.25) is 0 Å². The molecule has 0 unspecified atom stereocenters. The van der Waals surface area contributed by atoms with Gasteiger partial charge in [-0.2, -0.15) is 0 Å². The van der Waals surface area contributed by atoms with Crippen molar-refractivity contribution >= 4 is 38.2 Å². The average Bonchev–Trinajstić information content (AvgIpc) is 3.41. The van der Waals surface area contributed by atoms with Crippen LogP contribution in [0, 0.1) is 0 Å². The Bertz CT molecular complexity index is 947. The molecule has 1 aliphatic heterocycles. The van der Waals surface area contributed by atoms with Gasteiger partial charge < -0.3 is 14.5 Å². The number of benzene rings is 1. The van der Waals surface area contributed by atoms with Crippen LogP contribution in [-0.4, -0.2) is 37.1 Å².